The predicted octanol–water partition coefficient (Wildman–Crippen LogP) is 1.50. The van der Waals surface area contributed by atoms with Crippen molar-refractivity contribution < 1.29 is 9.53 Å². The Bertz CT molecular complexity index is 432. The van der Waals surface area contributed by atoms with Gasteiger partial charge in [0.2, 0.25) is 0 Å². The van der Waals surface area contributed by atoms with Crippen LogP contribution in [0.5, 0.6) is 0 Å². The van der Waals surface area contributed by atoms with E-state index in [9.17, 15) is 4.79 Å². The molecule has 0 amide bonds. The molecule has 1 aromatic carbocycles. The summed E-state index contributed by atoms with van der Waals surface area (Å²) in [7, 11) is 6.02. The van der Waals surface area contributed by atoms with Crippen molar-refractivity contribution in [2.24, 2.45) is 0 Å². The monoisotopic (exact) mass is 248 g/mol. The first kappa shape index (κ1) is 12.9. The van der Waals surface area contributed by atoms with Crippen LogP contribution in [-0.2, 0) is 16.1 Å². The molecule has 1 fully saturated rings. The van der Waals surface area contributed by atoms with E-state index in [1.165, 1.54) is 11.3 Å². The van der Waals surface area contributed by atoms with E-state index in [1.807, 2.05) is 27.2 Å². The van der Waals surface area contributed by atoms with Crippen LogP contribution in [0.3, 0.4) is 0 Å². The standard InChI is InChI=1S/C14H20N2O2/c1-15(2)12-6-4-5-11(9-12)10-16(3)13-7-8-18-14(13)17/h4-6,9,13H,7-8,10H2,1-3H3/t13-/m0/s1. The summed E-state index contributed by atoms with van der Waals surface area (Å²) in [6.07, 6.45) is 0.794. The van der Waals surface area contributed by atoms with Crippen molar-refractivity contribution in [3.05, 3.63) is 29.8 Å². The Morgan fingerprint density at radius 2 is 2.11 bits per heavy atom. The Morgan fingerprint density at radius 1 is 1.33 bits per heavy atom. The third-order valence-electron chi connectivity index (χ3n) is 3.30. The van der Waals surface area contributed by atoms with Crippen molar-refractivity contribution in [3.63, 3.8) is 0 Å². The van der Waals surface area contributed by atoms with Gasteiger partial charge >= 0.3 is 5.97 Å². The number of ether oxygens (including phenoxy) is 1. The van der Waals surface area contributed by atoms with Crippen molar-refractivity contribution in [2.75, 3.05) is 32.6 Å². The number of rotatable bonds is 4. The van der Waals surface area contributed by atoms with Crippen LogP contribution in [0.1, 0.15) is 12.0 Å². The van der Waals surface area contributed by atoms with Crippen LogP contribution >= 0.6 is 0 Å². The number of hydrogen-bond acceptors (Lipinski definition) is 4. The second-order valence-electron chi connectivity index (χ2n) is 4.95. The lowest BCUT2D eigenvalue weighted by atomic mass is 10.1. The number of anilines is 1. The van der Waals surface area contributed by atoms with Crippen LogP contribution in [0, 0.1) is 0 Å². The van der Waals surface area contributed by atoms with Gasteiger partial charge in [0.15, 0.2) is 0 Å². The third-order valence-corrected chi connectivity index (χ3v) is 3.30. The van der Waals surface area contributed by atoms with E-state index >= 15 is 0 Å². The molecule has 18 heavy (non-hydrogen) atoms. The predicted molar refractivity (Wildman–Crippen MR) is 71.6 cm³/mol. The molecule has 4 nitrogen and oxygen atoms in total. The zero-order valence-corrected chi connectivity index (χ0v) is 11.2. The highest BCUT2D eigenvalue weighted by molar-refractivity contribution is 5.77. The quantitative estimate of drug-likeness (QED) is 0.756. The first-order chi connectivity index (χ1) is 8.58. The van der Waals surface area contributed by atoms with Gasteiger partial charge in [-0.25, -0.2) is 0 Å². The number of esters is 1. The maximum Gasteiger partial charge on any atom is 0.323 e. The topological polar surface area (TPSA) is 32.8 Å². The molecule has 0 N–H and O–H groups in total. The van der Waals surface area contributed by atoms with Gasteiger partial charge in [-0.3, -0.25) is 9.69 Å². The Hall–Kier alpha value is -1.55. The maximum absolute atomic E-state index is 11.5. The summed E-state index contributed by atoms with van der Waals surface area (Å²) in [4.78, 5) is 15.6. The van der Waals surface area contributed by atoms with Gasteiger partial charge in [-0.05, 0) is 24.7 Å². The molecule has 0 bridgehead atoms. The number of nitrogens with zero attached hydrogens (tertiary/aromatic N) is 2. The van der Waals surface area contributed by atoms with Gasteiger partial charge in [-0.15, -0.1) is 0 Å². The lowest BCUT2D eigenvalue weighted by Gasteiger charge is -2.22. The summed E-state index contributed by atoms with van der Waals surface area (Å²) in [5, 5.41) is 0. The number of likely N-dealkylation sites (N-methyl/N-ethyl adjacent to an activating group) is 1. The van der Waals surface area contributed by atoms with Crippen LogP contribution in [0.15, 0.2) is 24.3 Å². The summed E-state index contributed by atoms with van der Waals surface area (Å²) in [5.74, 6) is -0.0961. The molecule has 0 aromatic heterocycles. The fourth-order valence-corrected chi connectivity index (χ4v) is 2.22. The number of benzene rings is 1. The molecular weight excluding hydrogens is 228 g/mol. The Kier molecular flexibility index (Phi) is 3.87. The van der Waals surface area contributed by atoms with Crippen LogP contribution < -0.4 is 4.90 Å². The number of carbonyl (C=O) groups excluding carboxylic acids is 1. The largest absolute Gasteiger partial charge is 0.464 e. The van der Waals surface area contributed by atoms with Crippen molar-refractivity contribution >= 4 is 11.7 Å². The van der Waals surface area contributed by atoms with Crippen LogP contribution in [0.4, 0.5) is 5.69 Å². The third kappa shape index (κ3) is 2.82. The molecule has 0 saturated carbocycles. The van der Waals surface area contributed by atoms with E-state index in [1.54, 1.807) is 0 Å². The Labute approximate surface area is 108 Å². The zero-order valence-electron chi connectivity index (χ0n) is 11.2. The van der Waals surface area contributed by atoms with E-state index in [-0.39, 0.29) is 12.0 Å². The van der Waals surface area contributed by atoms with Crippen LogP contribution in [0.2, 0.25) is 0 Å². The van der Waals surface area contributed by atoms with Gasteiger partial charge in [0.1, 0.15) is 6.04 Å². The van der Waals surface area contributed by atoms with Crippen molar-refractivity contribution in [1.82, 2.24) is 4.90 Å². The first-order valence-corrected chi connectivity index (χ1v) is 6.21. The van der Waals surface area contributed by atoms with E-state index in [4.69, 9.17) is 4.74 Å². The van der Waals surface area contributed by atoms with E-state index in [0.29, 0.717) is 6.61 Å². The maximum atomic E-state index is 11.5. The molecule has 1 saturated heterocycles. The normalized spacial score (nSPS) is 19.1. The molecule has 0 unspecified atom stereocenters. The van der Waals surface area contributed by atoms with Gasteiger partial charge in [0, 0.05) is 32.7 Å². The Morgan fingerprint density at radius 3 is 2.72 bits per heavy atom. The minimum absolute atomic E-state index is 0.0898. The lowest BCUT2D eigenvalue weighted by Crippen LogP contribution is -2.34. The molecule has 1 aliphatic rings. The average Bonchev–Trinajstić information content (AvgIpc) is 2.76. The lowest BCUT2D eigenvalue weighted by molar-refractivity contribution is -0.142. The van der Waals surface area contributed by atoms with Gasteiger partial charge in [-0.1, -0.05) is 12.1 Å². The van der Waals surface area contributed by atoms with Crippen molar-refractivity contribution in [3.8, 4) is 0 Å². The molecule has 1 atom stereocenters. The van der Waals surface area contributed by atoms with Gasteiger partial charge in [0.25, 0.3) is 0 Å². The molecule has 0 radical (unpaired) electrons. The summed E-state index contributed by atoms with van der Waals surface area (Å²) in [6.45, 7) is 1.31. The number of carbonyl (C=O) groups is 1. The van der Waals surface area contributed by atoms with Gasteiger partial charge < -0.3 is 9.64 Å². The molecule has 1 aromatic rings. The molecule has 0 aliphatic carbocycles. The van der Waals surface area contributed by atoms with Crippen molar-refractivity contribution in [2.45, 2.75) is 19.0 Å². The zero-order chi connectivity index (χ0) is 13.1. The number of hydrogen-bond donors (Lipinski definition) is 0. The minimum atomic E-state index is -0.0961. The SMILES string of the molecule is CN(C)c1cccc(CN(C)[C@H]2CCOC2=O)c1. The highest BCUT2D eigenvalue weighted by Gasteiger charge is 2.29. The first-order valence-electron chi connectivity index (χ1n) is 6.21. The van der Waals surface area contributed by atoms with E-state index in [0.717, 1.165) is 13.0 Å². The Balaban J connectivity index is 2.04. The molecule has 2 rings (SSSR count). The highest BCUT2D eigenvalue weighted by atomic mass is 16.5. The van der Waals surface area contributed by atoms with E-state index < -0.39 is 0 Å². The number of cyclic esters (lactones) is 1. The molecule has 1 heterocycles. The summed E-state index contributed by atoms with van der Waals surface area (Å²) in [6, 6.07) is 8.27. The van der Waals surface area contributed by atoms with Crippen LogP contribution in [-0.4, -0.2) is 44.7 Å². The van der Waals surface area contributed by atoms with Crippen molar-refractivity contribution in [1.29, 1.82) is 0 Å². The highest BCUT2D eigenvalue weighted by Crippen LogP contribution is 2.18. The smallest absolute Gasteiger partial charge is 0.323 e. The molecule has 1 aliphatic heterocycles. The van der Waals surface area contributed by atoms with E-state index in [2.05, 4.69) is 28.0 Å². The average molecular weight is 248 g/mol. The van der Waals surface area contributed by atoms with Gasteiger partial charge in [-0.2, -0.15) is 0 Å². The van der Waals surface area contributed by atoms with Gasteiger partial charge in [0.05, 0.1) is 6.61 Å². The fourth-order valence-electron chi connectivity index (χ4n) is 2.22. The van der Waals surface area contributed by atoms with Crippen LogP contribution in [0.25, 0.3) is 0 Å². The summed E-state index contributed by atoms with van der Waals surface area (Å²) >= 11 is 0. The fraction of sp³-hybridized carbons (Fsp3) is 0.500. The minimum Gasteiger partial charge on any atom is -0.464 e. The molecule has 0 spiro atoms. The molecule has 98 valence electrons. The molecular formula is C14H20N2O2. The summed E-state index contributed by atoms with van der Waals surface area (Å²) in [5.41, 5.74) is 2.39. The molecule has 4 heteroatoms. The summed E-state index contributed by atoms with van der Waals surface area (Å²) < 4.78 is 5.00. The second-order valence-corrected chi connectivity index (χ2v) is 4.95. The second kappa shape index (κ2) is 5.40.